The average Bonchev–Trinajstić information content (AvgIpc) is 1.61. The van der Waals surface area contributed by atoms with E-state index in [1.165, 1.54) is 27.2 Å². The Morgan fingerprint density at radius 2 is 1.16 bits per heavy atom. The number of rotatable bonds is 19. The molecular formula is C64H96O25. The number of hydrogen-bond donors (Lipinski definition) is 8. The van der Waals surface area contributed by atoms with Crippen LogP contribution in [0, 0.1) is 16.7 Å². The number of benzene rings is 1. The number of fused-ring (bicyclic) bond motifs is 5. The Balaban J connectivity index is 0.728. The molecule has 30 atom stereocenters. The van der Waals surface area contributed by atoms with Crippen LogP contribution in [0.25, 0.3) is 6.08 Å². The first kappa shape index (κ1) is 68.8. The van der Waals surface area contributed by atoms with E-state index in [2.05, 4.69) is 6.92 Å². The molecule has 1 aromatic rings. The second-order valence-electron chi connectivity index (χ2n) is 26.6. The van der Waals surface area contributed by atoms with Crippen molar-refractivity contribution < 1.29 is 121 Å². The lowest BCUT2D eigenvalue weighted by Gasteiger charge is -2.67. The summed E-state index contributed by atoms with van der Waals surface area (Å²) in [5.74, 6) is -1.86. The lowest BCUT2D eigenvalue weighted by Crippen LogP contribution is -2.78. The molecular weight excluding hydrogens is 1170 g/mol. The van der Waals surface area contributed by atoms with E-state index in [-0.39, 0.29) is 38.2 Å². The molecule has 9 aliphatic rings. The van der Waals surface area contributed by atoms with Crippen molar-refractivity contribution in [2.75, 3.05) is 35.0 Å². The Morgan fingerprint density at radius 1 is 0.618 bits per heavy atom. The molecule has 0 bridgehead atoms. The monoisotopic (exact) mass is 1260 g/mol. The third kappa shape index (κ3) is 12.5. The van der Waals surface area contributed by atoms with Crippen LogP contribution in [0.15, 0.2) is 48.1 Å². The van der Waals surface area contributed by atoms with Crippen molar-refractivity contribution in [1.82, 2.24) is 0 Å². The summed E-state index contributed by atoms with van der Waals surface area (Å²) in [4.78, 5) is 27.0. The minimum Gasteiger partial charge on any atom is -0.458 e. The molecule has 502 valence electrons. The van der Waals surface area contributed by atoms with Crippen molar-refractivity contribution in [3.05, 3.63) is 53.6 Å². The number of esters is 1. The van der Waals surface area contributed by atoms with Gasteiger partial charge in [-0.2, -0.15) is 0 Å². The zero-order chi connectivity index (χ0) is 64.3. The summed E-state index contributed by atoms with van der Waals surface area (Å²) in [7, 11) is 6.10. The first-order valence-corrected chi connectivity index (χ1v) is 31.5. The smallest absolute Gasteiger partial charge is 0.331 e. The van der Waals surface area contributed by atoms with Gasteiger partial charge in [-0.15, -0.1) is 0 Å². The number of Topliss-reactive ketones (excluding diaryl/α,β-unsaturated/α-hetero) is 1. The highest BCUT2D eigenvalue weighted by Crippen LogP contribution is 2.71. The molecule has 1 aromatic carbocycles. The predicted octanol–water partition coefficient (Wildman–Crippen LogP) is 2.03. The van der Waals surface area contributed by atoms with Crippen LogP contribution in [0.1, 0.15) is 118 Å². The highest BCUT2D eigenvalue weighted by molar-refractivity contribution is 5.89. The molecule has 8 N–H and O–H groups in total. The summed E-state index contributed by atoms with van der Waals surface area (Å²) in [6.45, 7) is 11.5. The minimum absolute atomic E-state index is 0.0602. The molecule has 10 rings (SSSR count). The number of aliphatic hydroxyl groups excluding tert-OH is 5. The predicted molar refractivity (Wildman–Crippen MR) is 310 cm³/mol. The van der Waals surface area contributed by atoms with E-state index in [0.29, 0.717) is 32.1 Å². The molecule has 4 aliphatic carbocycles. The van der Waals surface area contributed by atoms with Crippen molar-refractivity contribution >= 4 is 17.8 Å². The van der Waals surface area contributed by atoms with Crippen LogP contribution in [-0.4, -0.2) is 252 Å². The second-order valence-corrected chi connectivity index (χ2v) is 26.6. The fourth-order valence-electron chi connectivity index (χ4n) is 16.5. The molecule has 0 spiro atoms. The van der Waals surface area contributed by atoms with Gasteiger partial charge in [0.15, 0.2) is 37.2 Å². The van der Waals surface area contributed by atoms with E-state index < -0.39 is 193 Å². The summed E-state index contributed by atoms with van der Waals surface area (Å²) in [5, 5.41) is 90.7. The lowest BCUT2D eigenvalue weighted by atomic mass is 9.42. The number of carbonyl (C=O) groups is 2. The SMILES string of the molecule is CO[C@@H]1[C@@H](O)[C@H](O[C@@H]2[C@@H](C)O[C@@H](O[C@H]3[C@@H](OC)C[C@H](O[C@H]4[C@@H](OC)C[C@H](O[C@H]5CC[C@@]6(C)C(=CC[C@]7(O)[C@@H]6C[C@@H](OC(=O)/C=C\c6ccccc6)[C@@]6(C)[C@]7(O)CC[C@]6(O)C(C)=O)C5)O[C@@H]4C)O[C@@H]3C)C[C@H]2OC)O[C@H](C)[C@@H]1O[C@@H]1O[C@H](CO)[C@@H](O)[C@H](O)[C@H]1O. The fourth-order valence-corrected chi connectivity index (χ4v) is 16.5. The maximum absolute atomic E-state index is 13.7. The molecule has 0 radical (unpaired) electrons. The Morgan fingerprint density at radius 3 is 1.71 bits per heavy atom. The molecule has 0 amide bonds. The van der Waals surface area contributed by atoms with Gasteiger partial charge in [-0.05, 0) is 104 Å². The van der Waals surface area contributed by atoms with Gasteiger partial charge in [-0.3, -0.25) is 4.79 Å². The van der Waals surface area contributed by atoms with Crippen LogP contribution in [0.2, 0.25) is 0 Å². The zero-order valence-electron chi connectivity index (χ0n) is 52.8. The molecule has 5 saturated heterocycles. The largest absolute Gasteiger partial charge is 0.458 e. The van der Waals surface area contributed by atoms with E-state index >= 15 is 0 Å². The molecule has 5 heterocycles. The van der Waals surface area contributed by atoms with Crippen molar-refractivity contribution in [1.29, 1.82) is 0 Å². The van der Waals surface area contributed by atoms with E-state index in [9.17, 15) is 50.4 Å². The molecule has 0 aromatic heterocycles. The fraction of sp³-hybridized carbons (Fsp3) is 0.812. The van der Waals surface area contributed by atoms with Gasteiger partial charge in [0.1, 0.15) is 83.9 Å². The van der Waals surface area contributed by atoms with Gasteiger partial charge in [0.2, 0.25) is 0 Å². The summed E-state index contributed by atoms with van der Waals surface area (Å²) in [5.41, 5.74) is -6.41. The number of ether oxygens (including phenoxy) is 15. The summed E-state index contributed by atoms with van der Waals surface area (Å²) in [6, 6.07) is 9.25. The van der Waals surface area contributed by atoms with Gasteiger partial charge >= 0.3 is 5.97 Å². The maximum Gasteiger partial charge on any atom is 0.331 e. The molecule has 3 saturated carbocycles. The summed E-state index contributed by atoms with van der Waals surface area (Å²) in [6.07, 6.45) is -14.7. The van der Waals surface area contributed by atoms with Gasteiger partial charge < -0.3 is 112 Å². The molecule has 0 unspecified atom stereocenters. The number of methoxy groups -OCH3 is 4. The van der Waals surface area contributed by atoms with Crippen LogP contribution in [0.5, 0.6) is 0 Å². The zero-order valence-corrected chi connectivity index (χ0v) is 52.8. The van der Waals surface area contributed by atoms with Gasteiger partial charge in [0.05, 0.1) is 60.9 Å². The van der Waals surface area contributed by atoms with Gasteiger partial charge in [-0.1, -0.05) is 48.9 Å². The van der Waals surface area contributed by atoms with Crippen molar-refractivity contribution in [2.24, 2.45) is 16.7 Å². The number of aliphatic hydroxyl groups is 8. The normalized spacial score (nSPS) is 49.3. The van der Waals surface area contributed by atoms with Crippen LogP contribution in [0.4, 0.5) is 0 Å². The van der Waals surface area contributed by atoms with Crippen LogP contribution in [-0.2, 0) is 80.6 Å². The van der Waals surface area contributed by atoms with Gasteiger partial charge in [-0.25, -0.2) is 4.79 Å². The first-order valence-electron chi connectivity index (χ1n) is 31.5. The lowest BCUT2D eigenvalue weighted by molar-refractivity contribution is -0.374. The van der Waals surface area contributed by atoms with Crippen LogP contribution in [0.3, 0.4) is 0 Å². The molecule has 25 heteroatoms. The molecule has 8 fully saturated rings. The summed E-state index contributed by atoms with van der Waals surface area (Å²) < 4.78 is 93.6. The third-order valence-electron chi connectivity index (χ3n) is 21.8. The van der Waals surface area contributed by atoms with Crippen LogP contribution < -0.4 is 0 Å². The first-order chi connectivity index (χ1) is 42.2. The maximum atomic E-state index is 13.7. The van der Waals surface area contributed by atoms with E-state index in [1.54, 1.807) is 41.1 Å². The van der Waals surface area contributed by atoms with Crippen LogP contribution >= 0.6 is 0 Å². The van der Waals surface area contributed by atoms with Crippen molar-refractivity contribution in [3.63, 3.8) is 0 Å². The standard InChI is InChI=1S/C64H96O25/c1-31-53(86-47-27-40(76-9)54(32(2)80-47)87-48-28-41(77-10)55(33(3)81-48)88-59-52(71)57(78-11)56(34(4)82-59)89-58-51(70)50(69)49(68)42(30-65)84-58)39(75-8)26-46(79-31)83-38-20-21-60(6)37(25-38)19-22-63(73)43(60)29-44(85-45(67)18-17-36-15-13-12-14-16-36)61(7)62(72,35(5)66)23-24-64(61,63)74/h12-19,31-34,38-44,46-59,65,68-74H,20-30H2,1-11H3/b18-17-/t31-,32-,33-,34-,38+,39+,40+,41-,42-,43-,44-,46+,47+,48+,49-,50+,51-,52-,53-,54-,55-,56+,57-,58+,59+,60+,61-,62+,63+,64-/m1/s1. The number of carbonyl (C=O) groups excluding carboxylic acids is 2. The van der Waals surface area contributed by atoms with Crippen molar-refractivity contribution in [2.45, 2.75) is 277 Å². The summed E-state index contributed by atoms with van der Waals surface area (Å²) >= 11 is 0. The number of hydrogen-bond acceptors (Lipinski definition) is 25. The average molecular weight is 1270 g/mol. The Hall–Kier alpha value is -3.04. The highest BCUT2D eigenvalue weighted by Gasteiger charge is 2.81. The quantitative estimate of drug-likeness (QED) is 0.0558. The Labute approximate surface area is 520 Å². The van der Waals surface area contributed by atoms with E-state index in [4.69, 9.17) is 71.1 Å². The van der Waals surface area contributed by atoms with E-state index in [1.807, 2.05) is 50.3 Å². The second kappa shape index (κ2) is 27.4. The Bertz CT molecular complexity index is 2630. The highest BCUT2D eigenvalue weighted by atomic mass is 16.8. The Kier molecular flexibility index (Phi) is 21.2. The molecule has 89 heavy (non-hydrogen) atoms. The van der Waals surface area contributed by atoms with E-state index in [0.717, 1.165) is 11.1 Å². The van der Waals surface area contributed by atoms with Gasteiger partial charge in [0, 0.05) is 59.7 Å². The number of ketones is 1. The molecule has 5 aliphatic heterocycles. The topological polar surface area (TPSA) is 334 Å². The minimum atomic E-state index is -2.07. The molecule has 25 nitrogen and oxygen atoms in total. The van der Waals surface area contributed by atoms with Crippen molar-refractivity contribution in [3.8, 4) is 0 Å². The van der Waals surface area contributed by atoms with Gasteiger partial charge in [0.25, 0.3) is 0 Å². The third-order valence-corrected chi connectivity index (χ3v) is 21.8.